The molecule has 1 aromatic carbocycles. The topological polar surface area (TPSA) is 116 Å². The SMILES string of the molecule is CS(=O)(=O)c1ccc(OCC(=O)Nc2sc3c(c2C(N)=O)CCCC3)cc1. The van der Waals surface area contributed by atoms with Crippen molar-refractivity contribution in [1.29, 1.82) is 0 Å². The predicted octanol–water partition coefficient (Wildman–Crippen LogP) is 2.15. The minimum Gasteiger partial charge on any atom is -0.484 e. The number of primary amides is 1. The van der Waals surface area contributed by atoms with Crippen molar-refractivity contribution in [1.82, 2.24) is 0 Å². The summed E-state index contributed by atoms with van der Waals surface area (Å²) < 4.78 is 28.3. The predicted molar refractivity (Wildman–Crippen MR) is 103 cm³/mol. The lowest BCUT2D eigenvalue weighted by molar-refractivity contribution is -0.118. The molecule has 1 aromatic heterocycles. The largest absolute Gasteiger partial charge is 0.484 e. The molecule has 9 heteroatoms. The summed E-state index contributed by atoms with van der Waals surface area (Å²) in [6, 6.07) is 5.81. The zero-order chi connectivity index (χ0) is 19.6. The molecular weight excluding hydrogens is 388 g/mol. The highest BCUT2D eigenvalue weighted by molar-refractivity contribution is 7.90. The Morgan fingerprint density at radius 1 is 1.19 bits per heavy atom. The van der Waals surface area contributed by atoms with Crippen molar-refractivity contribution in [2.45, 2.75) is 30.6 Å². The second-order valence-electron chi connectivity index (χ2n) is 6.36. The van der Waals surface area contributed by atoms with E-state index >= 15 is 0 Å². The normalized spacial score (nSPS) is 13.7. The highest BCUT2D eigenvalue weighted by Gasteiger charge is 2.25. The molecule has 0 atom stereocenters. The number of hydrogen-bond acceptors (Lipinski definition) is 6. The molecule has 1 aliphatic carbocycles. The molecule has 7 nitrogen and oxygen atoms in total. The molecule has 1 aliphatic rings. The number of amides is 2. The Labute approximate surface area is 161 Å². The van der Waals surface area contributed by atoms with Crippen LogP contribution in [0.3, 0.4) is 0 Å². The Kier molecular flexibility index (Phi) is 5.52. The maximum Gasteiger partial charge on any atom is 0.262 e. The van der Waals surface area contributed by atoms with Crippen molar-refractivity contribution in [2.24, 2.45) is 5.73 Å². The summed E-state index contributed by atoms with van der Waals surface area (Å²) in [6.07, 6.45) is 4.87. The van der Waals surface area contributed by atoms with E-state index in [1.807, 2.05) is 0 Å². The molecule has 0 bridgehead atoms. The summed E-state index contributed by atoms with van der Waals surface area (Å²) in [5, 5.41) is 3.18. The molecular formula is C18H20N2O5S2. The number of anilines is 1. The average Bonchev–Trinajstić information content (AvgIpc) is 2.97. The van der Waals surface area contributed by atoms with E-state index in [-0.39, 0.29) is 11.5 Å². The van der Waals surface area contributed by atoms with Gasteiger partial charge in [-0.05, 0) is 55.5 Å². The summed E-state index contributed by atoms with van der Waals surface area (Å²) in [4.78, 5) is 25.3. The lowest BCUT2D eigenvalue weighted by Crippen LogP contribution is -2.22. The van der Waals surface area contributed by atoms with Gasteiger partial charge in [0.25, 0.3) is 11.8 Å². The lowest BCUT2D eigenvalue weighted by atomic mass is 9.95. The van der Waals surface area contributed by atoms with Crippen molar-refractivity contribution in [2.75, 3.05) is 18.2 Å². The summed E-state index contributed by atoms with van der Waals surface area (Å²) >= 11 is 1.39. The van der Waals surface area contributed by atoms with E-state index in [2.05, 4.69) is 5.32 Å². The van der Waals surface area contributed by atoms with Crippen molar-refractivity contribution >= 4 is 38.0 Å². The van der Waals surface area contributed by atoms with Gasteiger partial charge in [0.2, 0.25) is 0 Å². The Bertz CT molecular complexity index is 978. The third-order valence-corrected chi connectivity index (χ3v) is 6.63. The Hall–Kier alpha value is -2.39. The minimum absolute atomic E-state index is 0.176. The van der Waals surface area contributed by atoms with Crippen LogP contribution in [0.2, 0.25) is 0 Å². The number of carbonyl (C=O) groups excluding carboxylic acids is 2. The molecule has 1 heterocycles. The molecule has 0 saturated heterocycles. The van der Waals surface area contributed by atoms with Crippen molar-refractivity contribution in [3.63, 3.8) is 0 Å². The molecule has 2 aromatic rings. The van der Waals surface area contributed by atoms with Crippen LogP contribution < -0.4 is 15.8 Å². The number of carbonyl (C=O) groups is 2. The molecule has 0 aliphatic heterocycles. The van der Waals surface area contributed by atoms with Gasteiger partial charge >= 0.3 is 0 Å². The van der Waals surface area contributed by atoms with Gasteiger partial charge in [-0.2, -0.15) is 0 Å². The zero-order valence-corrected chi connectivity index (χ0v) is 16.4. The first kappa shape index (κ1) is 19.4. The van der Waals surface area contributed by atoms with Gasteiger partial charge in [-0.1, -0.05) is 0 Å². The van der Waals surface area contributed by atoms with Crippen molar-refractivity contribution in [3.8, 4) is 5.75 Å². The molecule has 0 unspecified atom stereocenters. The van der Waals surface area contributed by atoms with Crippen LogP contribution in [0.1, 0.15) is 33.6 Å². The number of ether oxygens (including phenoxy) is 1. The van der Waals surface area contributed by atoms with Gasteiger partial charge in [0.05, 0.1) is 10.5 Å². The van der Waals surface area contributed by atoms with Gasteiger partial charge in [-0.25, -0.2) is 8.42 Å². The highest BCUT2D eigenvalue weighted by atomic mass is 32.2. The number of thiophene rings is 1. The number of nitrogens with two attached hydrogens (primary N) is 1. The van der Waals surface area contributed by atoms with Crippen LogP contribution in [0.25, 0.3) is 0 Å². The van der Waals surface area contributed by atoms with E-state index in [1.54, 1.807) is 0 Å². The van der Waals surface area contributed by atoms with E-state index in [0.717, 1.165) is 42.4 Å². The van der Waals surface area contributed by atoms with Gasteiger partial charge in [0.1, 0.15) is 10.8 Å². The fourth-order valence-corrected chi connectivity index (χ4v) is 4.95. The monoisotopic (exact) mass is 408 g/mol. The second kappa shape index (κ2) is 7.69. The Morgan fingerprint density at radius 2 is 1.85 bits per heavy atom. The Balaban J connectivity index is 1.66. The second-order valence-corrected chi connectivity index (χ2v) is 9.48. The third kappa shape index (κ3) is 4.48. The van der Waals surface area contributed by atoms with Crippen LogP contribution in [0.5, 0.6) is 5.75 Å². The lowest BCUT2D eigenvalue weighted by Gasteiger charge is -2.11. The molecule has 27 heavy (non-hydrogen) atoms. The molecule has 0 fully saturated rings. The summed E-state index contributed by atoms with van der Waals surface area (Å²) in [6.45, 7) is -0.265. The number of nitrogens with one attached hydrogen (secondary N) is 1. The molecule has 3 N–H and O–H groups in total. The van der Waals surface area contributed by atoms with Crippen LogP contribution in [0.15, 0.2) is 29.2 Å². The van der Waals surface area contributed by atoms with Crippen molar-refractivity contribution in [3.05, 3.63) is 40.3 Å². The smallest absolute Gasteiger partial charge is 0.262 e. The standard InChI is InChI=1S/C18H20N2O5S2/c1-27(23,24)12-8-6-11(7-9-12)25-10-15(21)20-18-16(17(19)22)13-4-2-3-5-14(13)26-18/h6-9H,2-5,10H2,1H3,(H2,19,22)(H,20,21). The molecule has 3 rings (SSSR count). The molecule has 144 valence electrons. The third-order valence-electron chi connectivity index (χ3n) is 4.29. The number of sulfone groups is 1. The Morgan fingerprint density at radius 3 is 2.48 bits per heavy atom. The molecule has 0 saturated carbocycles. The number of rotatable bonds is 6. The summed E-state index contributed by atoms with van der Waals surface area (Å²) in [7, 11) is -3.28. The molecule has 2 amide bonds. The number of aryl methyl sites for hydroxylation is 1. The van der Waals surface area contributed by atoms with Gasteiger partial charge in [0.15, 0.2) is 16.4 Å². The van der Waals surface area contributed by atoms with Crippen LogP contribution in [0, 0.1) is 0 Å². The fraction of sp³-hybridized carbons (Fsp3) is 0.333. The van der Waals surface area contributed by atoms with Crippen LogP contribution >= 0.6 is 11.3 Å². The molecule has 0 spiro atoms. The first-order valence-electron chi connectivity index (χ1n) is 8.43. The van der Waals surface area contributed by atoms with E-state index in [1.165, 1.54) is 35.6 Å². The van der Waals surface area contributed by atoms with Gasteiger partial charge < -0.3 is 15.8 Å². The fourth-order valence-electron chi connectivity index (χ4n) is 3.01. The van der Waals surface area contributed by atoms with E-state index in [9.17, 15) is 18.0 Å². The van der Waals surface area contributed by atoms with E-state index in [0.29, 0.717) is 16.3 Å². The quantitative estimate of drug-likeness (QED) is 0.760. The first-order chi connectivity index (χ1) is 12.8. The number of fused-ring (bicyclic) bond motifs is 1. The molecule has 0 radical (unpaired) electrons. The first-order valence-corrected chi connectivity index (χ1v) is 11.1. The van der Waals surface area contributed by atoms with Gasteiger partial charge in [-0.3, -0.25) is 9.59 Å². The van der Waals surface area contributed by atoms with Crippen LogP contribution in [-0.4, -0.2) is 33.1 Å². The number of hydrogen-bond donors (Lipinski definition) is 2. The summed E-state index contributed by atoms with van der Waals surface area (Å²) in [5.74, 6) is -0.580. The van der Waals surface area contributed by atoms with Gasteiger partial charge in [-0.15, -0.1) is 11.3 Å². The average molecular weight is 409 g/mol. The van der Waals surface area contributed by atoms with Crippen molar-refractivity contribution < 1.29 is 22.7 Å². The maximum absolute atomic E-state index is 12.2. The van der Waals surface area contributed by atoms with E-state index in [4.69, 9.17) is 10.5 Å². The van der Waals surface area contributed by atoms with Crippen LogP contribution in [0.4, 0.5) is 5.00 Å². The van der Waals surface area contributed by atoms with Gasteiger partial charge in [0, 0.05) is 11.1 Å². The zero-order valence-electron chi connectivity index (χ0n) is 14.8. The number of benzene rings is 1. The maximum atomic E-state index is 12.2. The van der Waals surface area contributed by atoms with Crippen LogP contribution in [-0.2, 0) is 27.5 Å². The van der Waals surface area contributed by atoms with E-state index < -0.39 is 21.7 Å². The minimum atomic E-state index is -3.28. The summed E-state index contributed by atoms with van der Waals surface area (Å²) in [5.41, 5.74) is 6.86. The highest BCUT2D eigenvalue weighted by Crippen LogP contribution is 2.37.